The Labute approximate surface area is 162 Å². The van der Waals surface area contributed by atoms with E-state index < -0.39 is 5.91 Å². The second-order valence-corrected chi connectivity index (χ2v) is 6.56. The molecule has 0 aromatic heterocycles. The molecule has 0 atom stereocenters. The molecule has 3 rings (SSSR count). The number of ether oxygens (including phenoxy) is 1. The number of carbonyl (C=O) groups excluding carboxylic acids is 3. The fourth-order valence-electron chi connectivity index (χ4n) is 3.29. The summed E-state index contributed by atoms with van der Waals surface area (Å²) < 4.78 is 5.38. The molecule has 0 bridgehead atoms. The lowest BCUT2D eigenvalue weighted by atomic mass is 9.96. The van der Waals surface area contributed by atoms with Gasteiger partial charge < -0.3 is 20.7 Å². The summed E-state index contributed by atoms with van der Waals surface area (Å²) in [6.45, 7) is 5.44. The molecule has 0 spiro atoms. The average Bonchev–Trinajstić information content (AvgIpc) is 2.97. The van der Waals surface area contributed by atoms with Gasteiger partial charge in [-0.1, -0.05) is 24.8 Å². The van der Waals surface area contributed by atoms with E-state index in [1.165, 1.54) is 18.9 Å². The summed E-state index contributed by atoms with van der Waals surface area (Å²) in [7, 11) is 1.50. The van der Waals surface area contributed by atoms with Crippen molar-refractivity contribution in [3.8, 4) is 16.9 Å². The van der Waals surface area contributed by atoms with Gasteiger partial charge >= 0.3 is 0 Å². The van der Waals surface area contributed by atoms with Crippen molar-refractivity contribution >= 4 is 23.4 Å². The summed E-state index contributed by atoms with van der Waals surface area (Å²) in [5.41, 5.74) is 9.05. The first-order chi connectivity index (χ1) is 13.3. The zero-order chi connectivity index (χ0) is 20.4. The SMILES string of the molecule is C=C(CN1Cc2c(-c3cccc(NC(C)=O)c3)ccc(OC)c2C1=O)C(N)=O. The Morgan fingerprint density at radius 3 is 2.68 bits per heavy atom. The molecule has 1 aliphatic heterocycles. The highest BCUT2D eigenvalue weighted by Gasteiger charge is 2.33. The summed E-state index contributed by atoms with van der Waals surface area (Å²) in [4.78, 5) is 37.1. The first kappa shape index (κ1) is 19.2. The van der Waals surface area contributed by atoms with Crippen LogP contribution in [0.5, 0.6) is 5.75 Å². The van der Waals surface area contributed by atoms with Crippen LogP contribution in [0.1, 0.15) is 22.8 Å². The number of rotatable bonds is 6. The standard InChI is InChI=1S/C21H21N3O4/c1-12(20(22)26)10-24-11-17-16(7-8-18(28-3)19(17)21(24)27)14-5-4-6-15(9-14)23-13(2)25/h4-9H,1,10-11H2,2-3H3,(H2,22,26)(H,23,25). The predicted octanol–water partition coefficient (Wildman–Crippen LogP) is 2.32. The van der Waals surface area contributed by atoms with Gasteiger partial charge in [-0.25, -0.2) is 0 Å². The van der Waals surface area contributed by atoms with Crippen molar-refractivity contribution < 1.29 is 19.1 Å². The molecule has 28 heavy (non-hydrogen) atoms. The maximum absolute atomic E-state index is 12.9. The van der Waals surface area contributed by atoms with Gasteiger partial charge in [0.2, 0.25) is 11.8 Å². The topological polar surface area (TPSA) is 102 Å². The Bertz CT molecular complexity index is 997. The molecule has 2 aromatic rings. The predicted molar refractivity (Wildman–Crippen MR) is 106 cm³/mol. The number of primary amides is 1. The van der Waals surface area contributed by atoms with E-state index in [9.17, 15) is 14.4 Å². The normalized spacial score (nSPS) is 12.5. The Kier molecular flexibility index (Phi) is 5.17. The summed E-state index contributed by atoms with van der Waals surface area (Å²) >= 11 is 0. The maximum atomic E-state index is 12.9. The monoisotopic (exact) mass is 379 g/mol. The van der Waals surface area contributed by atoms with E-state index >= 15 is 0 Å². The second-order valence-electron chi connectivity index (χ2n) is 6.56. The van der Waals surface area contributed by atoms with E-state index in [-0.39, 0.29) is 23.9 Å². The first-order valence-electron chi connectivity index (χ1n) is 8.66. The molecule has 0 saturated heterocycles. The van der Waals surface area contributed by atoms with Crippen LogP contribution < -0.4 is 15.8 Å². The first-order valence-corrected chi connectivity index (χ1v) is 8.66. The van der Waals surface area contributed by atoms with E-state index in [1.54, 1.807) is 12.1 Å². The van der Waals surface area contributed by atoms with Crippen LogP contribution in [0.4, 0.5) is 5.69 Å². The number of nitrogens with two attached hydrogens (primary N) is 1. The van der Waals surface area contributed by atoms with Gasteiger partial charge in [0.05, 0.1) is 19.2 Å². The van der Waals surface area contributed by atoms with Crippen LogP contribution in [-0.2, 0) is 16.1 Å². The maximum Gasteiger partial charge on any atom is 0.258 e. The fourth-order valence-corrected chi connectivity index (χ4v) is 3.29. The molecule has 3 N–H and O–H groups in total. The molecule has 7 heteroatoms. The lowest BCUT2D eigenvalue weighted by Gasteiger charge is -2.16. The number of hydrogen-bond donors (Lipinski definition) is 2. The van der Waals surface area contributed by atoms with Gasteiger partial charge in [0.25, 0.3) is 5.91 Å². The number of anilines is 1. The molecule has 0 saturated carbocycles. The third-order valence-electron chi connectivity index (χ3n) is 4.57. The quantitative estimate of drug-likeness (QED) is 0.752. The highest BCUT2D eigenvalue weighted by atomic mass is 16.5. The van der Waals surface area contributed by atoms with Crippen LogP contribution in [0, 0.1) is 0 Å². The van der Waals surface area contributed by atoms with Gasteiger partial charge in [-0.2, -0.15) is 0 Å². The Morgan fingerprint density at radius 2 is 2.04 bits per heavy atom. The van der Waals surface area contributed by atoms with Gasteiger partial charge in [-0.3, -0.25) is 14.4 Å². The Hall–Kier alpha value is -3.61. The highest BCUT2D eigenvalue weighted by molar-refractivity contribution is 6.04. The van der Waals surface area contributed by atoms with Crippen molar-refractivity contribution in [3.05, 3.63) is 59.7 Å². The summed E-state index contributed by atoms with van der Waals surface area (Å²) in [6.07, 6.45) is 0. The number of hydrogen-bond acceptors (Lipinski definition) is 4. The molecule has 0 radical (unpaired) electrons. The molecule has 0 unspecified atom stereocenters. The minimum Gasteiger partial charge on any atom is -0.496 e. The van der Waals surface area contributed by atoms with E-state index in [2.05, 4.69) is 11.9 Å². The number of nitrogens with one attached hydrogen (secondary N) is 1. The summed E-state index contributed by atoms with van der Waals surface area (Å²) in [5, 5.41) is 2.76. The number of carbonyl (C=O) groups is 3. The minimum absolute atomic E-state index is 0.0529. The molecular weight excluding hydrogens is 358 g/mol. The third-order valence-corrected chi connectivity index (χ3v) is 4.57. The van der Waals surface area contributed by atoms with E-state index in [1.807, 2.05) is 24.3 Å². The van der Waals surface area contributed by atoms with Crippen LogP contribution in [0.3, 0.4) is 0 Å². The molecule has 0 aliphatic carbocycles. The van der Waals surface area contributed by atoms with Crippen molar-refractivity contribution in [3.63, 3.8) is 0 Å². The zero-order valence-electron chi connectivity index (χ0n) is 15.7. The van der Waals surface area contributed by atoms with Crippen LogP contribution in [0.15, 0.2) is 48.6 Å². The van der Waals surface area contributed by atoms with Crippen molar-refractivity contribution in [2.45, 2.75) is 13.5 Å². The van der Waals surface area contributed by atoms with Crippen LogP contribution in [0.2, 0.25) is 0 Å². The Balaban J connectivity index is 2.04. The van der Waals surface area contributed by atoms with Crippen molar-refractivity contribution in [1.82, 2.24) is 4.90 Å². The largest absolute Gasteiger partial charge is 0.496 e. The van der Waals surface area contributed by atoms with Crippen molar-refractivity contribution in [2.24, 2.45) is 5.73 Å². The number of amides is 3. The van der Waals surface area contributed by atoms with Gasteiger partial charge in [-0.05, 0) is 34.9 Å². The molecule has 144 valence electrons. The smallest absolute Gasteiger partial charge is 0.258 e. The molecular formula is C21H21N3O4. The lowest BCUT2D eigenvalue weighted by Crippen LogP contribution is -2.30. The van der Waals surface area contributed by atoms with Crippen LogP contribution in [-0.4, -0.2) is 36.3 Å². The fraction of sp³-hybridized carbons (Fsp3) is 0.190. The average molecular weight is 379 g/mol. The number of benzene rings is 2. The summed E-state index contributed by atoms with van der Waals surface area (Å²) in [6, 6.07) is 11.0. The number of methoxy groups -OCH3 is 1. The zero-order valence-corrected chi connectivity index (χ0v) is 15.7. The minimum atomic E-state index is -0.640. The van der Waals surface area contributed by atoms with E-state index in [4.69, 9.17) is 10.5 Å². The van der Waals surface area contributed by atoms with Gasteiger partial charge in [0.15, 0.2) is 0 Å². The van der Waals surface area contributed by atoms with E-state index in [0.717, 1.165) is 16.7 Å². The highest BCUT2D eigenvalue weighted by Crippen LogP contribution is 2.38. The van der Waals surface area contributed by atoms with Crippen molar-refractivity contribution in [1.29, 1.82) is 0 Å². The van der Waals surface area contributed by atoms with Gasteiger partial charge in [-0.15, -0.1) is 0 Å². The Morgan fingerprint density at radius 1 is 1.29 bits per heavy atom. The van der Waals surface area contributed by atoms with Crippen molar-refractivity contribution in [2.75, 3.05) is 19.0 Å². The number of nitrogens with zero attached hydrogens (tertiary/aromatic N) is 1. The third kappa shape index (κ3) is 3.59. The molecule has 2 aromatic carbocycles. The van der Waals surface area contributed by atoms with E-state index in [0.29, 0.717) is 23.5 Å². The molecule has 1 heterocycles. The van der Waals surface area contributed by atoms with Crippen LogP contribution >= 0.6 is 0 Å². The molecule has 1 aliphatic rings. The molecule has 3 amide bonds. The molecule has 0 fully saturated rings. The van der Waals surface area contributed by atoms with Gasteiger partial charge in [0, 0.05) is 24.7 Å². The number of fused-ring (bicyclic) bond motifs is 1. The van der Waals surface area contributed by atoms with Crippen LogP contribution in [0.25, 0.3) is 11.1 Å². The molecule has 7 nitrogen and oxygen atoms in total. The lowest BCUT2D eigenvalue weighted by molar-refractivity contribution is -0.115. The summed E-state index contributed by atoms with van der Waals surface area (Å²) in [5.74, 6) is -0.578. The van der Waals surface area contributed by atoms with Gasteiger partial charge in [0.1, 0.15) is 5.75 Å². The second kappa shape index (κ2) is 7.56.